The number of hydrogen-bond acceptors (Lipinski definition) is 2. The monoisotopic (exact) mass is 266 g/mol. The fraction of sp³-hybridized carbons (Fsp3) is 0.154. The molecule has 0 saturated heterocycles. The Kier molecular flexibility index (Phi) is 3.87. The summed E-state index contributed by atoms with van der Waals surface area (Å²) in [5.41, 5.74) is 1.05. The van der Waals surface area contributed by atoms with Gasteiger partial charge in [-0.15, -0.1) is 0 Å². The van der Waals surface area contributed by atoms with E-state index in [4.69, 9.17) is 23.2 Å². The Hall–Kier alpha value is -1.25. The van der Waals surface area contributed by atoms with Crippen LogP contribution in [0.4, 0.5) is 5.82 Å². The Morgan fingerprint density at radius 1 is 1.12 bits per heavy atom. The average Bonchev–Trinajstić information content (AvgIpc) is 2.32. The lowest BCUT2D eigenvalue weighted by Crippen LogP contribution is -2.08. The van der Waals surface area contributed by atoms with Crippen LogP contribution in [0.2, 0.25) is 10.0 Å². The molecule has 0 aliphatic rings. The summed E-state index contributed by atoms with van der Waals surface area (Å²) in [6.45, 7) is 2.04. The molecule has 2 nitrogen and oxygen atoms in total. The summed E-state index contributed by atoms with van der Waals surface area (Å²) in [5.74, 6) is 0.779. The molecule has 17 heavy (non-hydrogen) atoms. The molecule has 0 amide bonds. The van der Waals surface area contributed by atoms with Crippen LogP contribution in [0.5, 0.6) is 0 Å². The van der Waals surface area contributed by atoms with Gasteiger partial charge in [0.2, 0.25) is 0 Å². The molecular formula is C13H12Cl2N2. The second-order valence-corrected chi connectivity index (χ2v) is 4.59. The summed E-state index contributed by atoms with van der Waals surface area (Å²) in [6.07, 6.45) is 1.61. The molecule has 0 spiro atoms. The number of benzene rings is 1. The number of rotatable bonds is 3. The molecular weight excluding hydrogens is 255 g/mol. The summed E-state index contributed by atoms with van der Waals surface area (Å²) >= 11 is 11.9. The van der Waals surface area contributed by atoms with Crippen molar-refractivity contribution in [3.8, 4) is 0 Å². The molecule has 1 aromatic heterocycles. The van der Waals surface area contributed by atoms with Crippen LogP contribution in [-0.2, 0) is 0 Å². The quantitative estimate of drug-likeness (QED) is 0.881. The average molecular weight is 267 g/mol. The molecule has 0 fully saturated rings. The SMILES string of the molecule is CC(Nc1ccc(Cl)cn1)c1ccccc1Cl. The topological polar surface area (TPSA) is 24.9 Å². The van der Waals surface area contributed by atoms with Crippen molar-refractivity contribution in [1.82, 2.24) is 4.98 Å². The summed E-state index contributed by atoms with van der Waals surface area (Å²) in [7, 11) is 0. The first-order valence-electron chi connectivity index (χ1n) is 5.29. The third kappa shape index (κ3) is 3.11. The maximum absolute atomic E-state index is 6.13. The maximum Gasteiger partial charge on any atom is 0.126 e. The van der Waals surface area contributed by atoms with Crippen molar-refractivity contribution >= 4 is 29.0 Å². The smallest absolute Gasteiger partial charge is 0.126 e. The van der Waals surface area contributed by atoms with Gasteiger partial charge in [-0.3, -0.25) is 0 Å². The van der Waals surface area contributed by atoms with Gasteiger partial charge in [0.1, 0.15) is 5.82 Å². The van der Waals surface area contributed by atoms with E-state index >= 15 is 0 Å². The highest BCUT2D eigenvalue weighted by Gasteiger charge is 2.08. The van der Waals surface area contributed by atoms with E-state index in [0.29, 0.717) is 5.02 Å². The molecule has 0 aliphatic carbocycles. The van der Waals surface area contributed by atoms with Gasteiger partial charge in [0.15, 0.2) is 0 Å². The molecule has 1 aromatic carbocycles. The highest BCUT2D eigenvalue weighted by molar-refractivity contribution is 6.31. The van der Waals surface area contributed by atoms with E-state index in [1.54, 1.807) is 12.3 Å². The Balaban J connectivity index is 2.14. The van der Waals surface area contributed by atoms with Crippen molar-refractivity contribution < 1.29 is 0 Å². The number of anilines is 1. The van der Waals surface area contributed by atoms with Crippen LogP contribution in [0.15, 0.2) is 42.6 Å². The number of nitrogens with one attached hydrogen (secondary N) is 1. The predicted molar refractivity (Wildman–Crippen MR) is 72.7 cm³/mol. The summed E-state index contributed by atoms with van der Waals surface area (Å²) in [4.78, 5) is 4.19. The third-order valence-electron chi connectivity index (χ3n) is 2.46. The minimum Gasteiger partial charge on any atom is -0.363 e. The van der Waals surface area contributed by atoms with Crippen molar-refractivity contribution in [3.05, 3.63) is 58.2 Å². The maximum atomic E-state index is 6.13. The first kappa shape index (κ1) is 12.2. The lowest BCUT2D eigenvalue weighted by atomic mass is 10.1. The molecule has 2 rings (SSSR count). The van der Waals surface area contributed by atoms with Crippen LogP contribution in [0.25, 0.3) is 0 Å². The van der Waals surface area contributed by atoms with Gasteiger partial charge in [-0.25, -0.2) is 4.98 Å². The van der Waals surface area contributed by atoms with E-state index in [1.807, 2.05) is 37.3 Å². The van der Waals surface area contributed by atoms with E-state index in [1.165, 1.54) is 0 Å². The highest BCUT2D eigenvalue weighted by Crippen LogP contribution is 2.25. The van der Waals surface area contributed by atoms with Crippen molar-refractivity contribution in [3.63, 3.8) is 0 Å². The molecule has 88 valence electrons. The Labute approximate surface area is 111 Å². The van der Waals surface area contributed by atoms with Crippen LogP contribution in [-0.4, -0.2) is 4.98 Å². The lowest BCUT2D eigenvalue weighted by Gasteiger charge is -2.16. The molecule has 4 heteroatoms. The predicted octanol–water partition coefficient (Wildman–Crippen LogP) is 4.56. The Morgan fingerprint density at radius 2 is 1.88 bits per heavy atom. The second kappa shape index (κ2) is 5.39. The third-order valence-corrected chi connectivity index (χ3v) is 3.03. The van der Waals surface area contributed by atoms with Gasteiger partial charge in [0.25, 0.3) is 0 Å². The van der Waals surface area contributed by atoms with Gasteiger partial charge in [0, 0.05) is 11.2 Å². The van der Waals surface area contributed by atoms with Crippen LogP contribution >= 0.6 is 23.2 Å². The summed E-state index contributed by atoms with van der Waals surface area (Å²) in [5, 5.41) is 4.65. The van der Waals surface area contributed by atoms with Gasteiger partial charge in [-0.1, -0.05) is 41.4 Å². The normalized spacial score (nSPS) is 12.2. The van der Waals surface area contributed by atoms with Crippen molar-refractivity contribution in [2.75, 3.05) is 5.32 Å². The Bertz CT molecular complexity index is 497. The largest absolute Gasteiger partial charge is 0.363 e. The van der Waals surface area contributed by atoms with Crippen LogP contribution < -0.4 is 5.32 Å². The summed E-state index contributed by atoms with van der Waals surface area (Å²) < 4.78 is 0. The Morgan fingerprint density at radius 3 is 2.53 bits per heavy atom. The fourth-order valence-electron chi connectivity index (χ4n) is 1.59. The molecule has 0 saturated carbocycles. The molecule has 0 radical (unpaired) electrons. The zero-order valence-electron chi connectivity index (χ0n) is 9.32. The second-order valence-electron chi connectivity index (χ2n) is 3.75. The molecule has 1 atom stereocenters. The molecule has 1 unspecified atom stereocenters. The minimum atomic E-state index is 0.0948. The van der Waals surface area contributed by atoms with E-state index in [9.17, 15) is 0 Å². The first-order chi connectivity index (χ1) is 8.16. The molecule has 1 N–H and O–H groups in total. The number of aromatic nitrogens is 1. The van der Waals surface area contributed by atoms with Gasteiger partial charge < -0.3 is 5.32 Å². The van der Waals surface area contributed by atoms with E-state index in [2.05, 4.69) is 10.3 Å². The van der Waals surface area contributed by atoms with Crippen LogP contribution in [0, 0.1) is 0 Å². The molecule has 1 heterocycles. The van der Waals surface area contributed by atoms with Gasteiger partial charge in [-0.05, 0) is 30.7 Å². The lowest BCUT2D eigenvalue weighted by molar-refractivity contribution is 0.875. The van der Waals surface area contributed by atoms with Crippen molar-refractivity contribution in [2.24, 2.45) is 0 Å². The number of halogens is 2. The molecule has 0 bridgehead atoms. The van der Waals surface area contributed by atoms with Crippen molar-refractivity contribution in [2.45, 2.75) is 13.0 Å². The van der Waals surface area contributed by atoms with Gasteiger partial charge in [0.05, 0.1) is 11.1 Å². The zero-order valence-corrected chi connectivity index (χ0v) is 10.8. The zero-order chi connectivity index (χ0) is 12.3. The van der Waals surface area contributed by atoms with E-state index in [-0.39, 0.29) is 6.04 Å². The molecule has 2 aromatic rings. The van der Waals surface area contributed by atoms with E-state index in [0.717, 1.165) is 16.4 Å². The number of nitrogens with zero attached hydrogens (tertiary/aromatic N) is 1. The van der Waals surface area contributed by atoms with Crippen LogP contribution in [0.1, 0.15) is 18.5 Å². The van der Waals surface area contributed by atoms with E-state index < -0.39 is 0 Å². The number of hydrogen-bond donors (Lipinski definition) is 1. The van der Waals surface area contributed by atoms with Gasteiger partial charge in [-0.2, -0.15) is 0 Å². The fourth-order valence-corrected chi connectivity index (χ4v) is 2.00. The minimum absolute atomic E-state index is 0.0948. The van der Waals surface area contributed by atoms with Crippen molar-refractivity contribution in [1.29, 1.82) is 0 Å². The highest BCUT2D eigenvalue weighted by atomic mass is 35.5. The molecule has 0 aliphatic heterocycles. The number of pyridine rings is 1. The van der Waals surface area contributed by atoms with Gasteiger partial charge >= 0.3 is 0 Å². The van der Waals surface area contributed by atoms with Crippen LogP contribution in [0.3, 0.4) is 0 Å². The standard InChI is InChI=1S/C13H12Cl2N2/c1-9(11-4-2-3-5-12(11)15)17-13-7-6-10(14)8-16-13/h2-9H,1H3,(H,16,17). The first-order valence-corrected chi connectivity index (χ1v) is 6.05. The summed E-state index contributed by atoms with van der Waals surface area (Å²) in [6, 6.07) is 11.5.